The first-order chi connectivity index (χ1) is 38.2. The monoisotopic (exact) mass is 1190 g/mol. The number of allylic oxidation sites excluding steroid dienone is 5. The van der Waals surface area contributed by atoms with Crippen molar-refractivity contribution in [3.8, 4) is 0 Å². The van der Waals surface area contributed by atoms with Crippen LogP contribution in [0.15, 0.2) is 35.5 Å². The van der Waals surface area contributed by atoms with Gasteiger partial charge in [0.1, 0.15) is 90.9 Å². The fourth-order valence-electron chi connectivity index (χ4n) is 15.9. The zero-order valence-corrected chi connectivity index (χ0v) is 48.6. The second-order valence-corrected chi connectivity index (χ2v) is 26.4. The molecule has 9 rings (SSSR count). The smallest absolute Gasteiger partial charge is 0.397 e. The summed E-state index contributed by atoms with van der Waals surface area (Å²) in [6, 6.07) is 0. The second-order valence-electron chi connectivity index (χ2n) is 25.3. The third kappa shape index (κ3) is 10.5. The van der Waals surface area contributed by atoms with Crippen LogP contribution in [0.1, 0.15) is 101 Å². The molecule has 0 radical (unpaired) electrons. The molecule has 9 aliphatic rings. The molecule has 1 spiro atoms. The minimum atomic E-state index is -5.18. The van der Waals surface area contributed by atoms with Crippen molar-refractivity contribution in [3.05, 3.63) is 35.5 Å². The lowest BCUT2D eigenvalue weighted by molar-refractivity contribution is -0.382. The van der Waals surface area contributed by atoms with Crippen LogP contribution < -0.4 is 0 Å². The Morgan fingerprint density at radius 3 is 2.06 bits per heavy atom. The molecular formula is C55H84O26S. The van der Waals surface area contributed by atoms with Crippen molar-refractivity contribution in [2.24, 2.45) is 33.5 Å². The van der Waals surface area contributed by atoms with Gasteiger partial charge in [-0.3, -0.25) is 14.1 Å². The molecule has 0 aromatic heterocycles. The summed E-state index contributed by atoms with van der Waals surface area (Å²) in [6.45, 7) is 14.7. The van der Waals surface area contributed by atoms with Crippen LogP contribution in [0, 0.1) is 33.5 Å². The molecule has 0 aromatic rings. The second kappa shape index (κ2) is 23.1. The van der Waals surface area contributed by atoms with Gasteiger partial charge >= 0.3 is 22.3 Å². The molecule has 27 heteroatoms. The maximum absolute atomic E-state index is 14.7. The first-order valence-corrected chi connectivity index (χ1v) is 29.5. The lowest BCUT2D eigenvalue weighted by Gasteiger charge is -2.64. The maximum atomic E-state index is 14.7. The van der Waals surface area contributed by atoms with Gasteiger partial charge in [-0.05, 0) is 95.0 Å². The average Bonchev–Trinajstić information content (AvgIpc) is 1.92. The molecule has 0 bridgehead atoms. The Labute approximate surface area is 476 Å². The molecule has 26 nitrogen and oxygen atoms in total. The van der Waals surface area contributed by atoms with Crippen LogP contribution in [-0.4, -0.2) is 232 Å². The van der Waals surface area contributed by atoms with Gasteiger partial charge in [-0.15, -0.1) is 0 Å². The van der Waals surface area contributed by atoms with Gasteiger partial charge in [0, 0.05) is 19.4 Å². The highest BCUT2D eigenvalue weighted by molar-refractivity contribution is 7.80. The predicted molar refractivity (Wildman–Crippen MR) is 277 cm³/mol. The van der Waals surface area contributed by atoms with Gasteiger partial charge in [0.25, 0.3) is 0 Å². The van der Waals surface area contributed by atoms with Gasteiger partial charge in [-0.2, -0.15) is 8.42 Å². The Balaban J connectivity index is 0.919. The van der Waals surface area contributed by atoms with Gasteiger partial charge in [0.05, 0.1) is 32.0 Å². The van der Waals surface area contributed by atoms with Gasteiger partial charge in [-0.25, -0.2) is 4.18 Å². The van der Waals surface area contributed by atoms with Crippen LogP contribution >= 0.6 is 0 Å². The third-order valence-corrected chi connectivity index (χ3v) is 20.5. The van der Waals surface area contributed by atoms with Crippen molar-refractivity contribution < 1.29 is 125 Å². The fourth-order valence-corrected chi connectivity index (χ4v) is 16.4. The quantitative estimate of drug-likeness (QED) is 0.0428. The lowest BCUT2D eigenvalue weighted by atomic mass is 9.40. The number of carbonyl (C=O) groups is 2. The Hall–Kier alpha value is -2.69. The Kier molecular flexibility index (Phi) is 18.0. The van der Waals surface area contributed by atoms with Crippen LogP contribution in [0.25, 0.3) is 0 Å². The first kappa shape index (κ1) is 63.8. The average molecular weight is 1190 g/mol. The van der Waals surface area contributed by atoms with Crippen molar-refractivity contribution in [1.82, 2.24) is 0 Å². The molecule has 5 saturated heterocycles. The number of ether oxygens (including phenoxy) is 11. The molecule has 10 N–H and O–H groups in total. The Morgan fingerprint density at radius 1 is 0.768 bits per heavy atom. The van der Waals surface area contributed by atoms with Crippen LogP contribution in [0.3, 0.4) is 0 Å². The zero-order chi connectivity index (χ0) is 60.2. The SMILES string of the molecule is CO[C@@H]1[C@@H](O)[C@H](O[C@@H]2[C@@H](O)[C@H](O[C@H]3[C@H](O)[C@@H](O)[C@H](O[C@H]4[C@H](O[C@H]5CC[C@]6(C)[C@@H]7CC[C@]89C(=O)O[C@@](C)(/C=C\C=C(C)C)[C@@]8(O)[C@@H](OC(C)=O)C[C@@]9(C)C7=CC[C@H]6C5(C)C)OC[C@@H](OS(=O)(=O)O)[C@@H]4O)O[C@@H]3C)OC[C@H]2O)O[C@H](CO)[C@H]1O. The number of esters is 2. The normalized spacial score (nSPS) is 50.1. The van der Waals surface area contributed by atoms with Gasteiger partial charge in [-0.1, -0.05) is 57.1 Å². The molecule has 5 heterocycles. The van der Waals surface area contributed by atoms with Crippen molar-refractivity contribution in [2.45, 2.75) is 235 Å². The van der Waals surface area contributed by atoms with E-state index in [2.05, 4.69) is 13.0 Å². The van der Waals surface area contributed by atoms with E-state index in [9.17, 15) is 68.5 Å². The number of cyclic esters (lactones) is 1. The minimum absolute atomic E-state index is 0.0953. The summed E-state index contributed by atoms with van der Waals surface area (Å²) < 4.78 is 104. The van der Waals surface area contributed by atoms with E-state index in [1.165, 1.54) is 21.0 Å². The summed E-state index contributed by atoms with van der Waals surface area (Å²) in [6.07, 6.45) is -21.2. The van der Waals surface area contributed by atoms with E-state index >= 15 is 0 Å². The fraction of sp³-hybridized carbons (Fsp3) is 0.855. The summed E-state index contributed by atoms with van der Waals surface area (Å²) in [5.41, 5.74) is -5.06. The van der Waals surface area contributed by atoms with E-state index in [0.29, 0.717) is 25.7 Å². The third-order valence-electron chi connectivity index (χ3n) is 20.0. The molecule has 4 aliphatic carbocycles. The van der Waals surface area contributed by atoms with E-state index < -0.39 is 198 Å². The van der Waals surface area contributed by atoms with Crippen molar-refractivity contribution in [1.29, 1.82) is 0 Å². The Morgan fingerprint density at radius 2 is 1.41 bits per heavy atom. The van der Waals surface area contributed by atoms with E-state index in [0.717, 1.165) is 11.1 Å². The number of carbonyl (C=O) groups excluding carboxylic acids is 2. The highest BCUT2D eigenvalue weighted by Crippen LogP contribution is 2.77. The standard InChI is InChI=1S/C55H84O26S/c1-24(2)12-11-17-53(9)55(66)34(74-26(4)57)20-52(8)28-13-14-32-50(5,6)33(16-18-51(32,7)27(28)15-19-54(52,55)49(65)80-53)76-48-44(36(60)31(23-72-48)81-82(67,68)69)79-46-38(62)37(61)41(25(3)73-46)77-45-39(63)42(29(58)22-71-45)78-47-40(64)43(70-10)35(59)30(21-56)75-47/h11-13,17,25,27,29-48,56,58-64,66H,14-16,18-23H2,1-10H3,(H,67,68,69)/b17-11-/t25-,27-,29-,30-,31-,32+,33+,34+,35-,36+,37-,38-,39-,40-,41-,42+,43+,44-,45+,46+,47+,48+,51-,52+,53+,54-,55+/m1/s1. The molecule has 0 amide bonds. The summed E-state index contributed by atoms with van der Waals surface area (Å²) in [5.74, 6) is -1.34. The largest absolute Gasteiger partial charge is 0.459 e. The number of methoxy groups -OCH3 is 1. The highest BCUT2D eigenvalue weighted by atomic mass is 32.3. The Bertz CT molecular complexity index is 2560. The summed E-state index contributed by atoms with van der Waals surface area (Å²) in [5, 5.41) is 102. The molecule has 0 aromatic carbocycles. The number of fused-ring (bicyclic) bond motifs is 4. The molecule has 466 valence electrons. The minimum Gasteiger partial charge on any atom is -0.459 e. The van der Waals surface area contributed by atoms with Crippen LogP contribution in [0.4, 0.5) is 0 Å². The topological polar surface area (TPSA) is 381 Å². The molecule has 82 heavy (non-hydrogen) atoms. The number of aliphatic hydroxyl groups excluding tert-OH is 8. The van der Waals surface area contributed by atoms with Crippen LogP contribution in [0.2, 0.25) is 0 Å². The van der Waals surface area contributed by atoms with Gasteiger partial charge in [0.15, 0.2) is 36.4 Å². The molecule has 3 saturated carbocycles. The van der Waals surface area contributed by atoms with Crippen LogP contribution in [0.5, 0.6) is 0 Å². The zero-order valence-electron chi connectivity index (χ0n) is 47.8. The highest BCUT2D eigenvalue weighted by Gasteiger charge is 2.87. The van der Waals surface area contributed by atoms with Crippen LogP contribution in [-0.2, 0) is 76.3 Å². The van der Waals surface area contributed by atoms with Gasteiger partial charge < -0.3 is 98.1 Å². The molecule has 0 unspecified atom stereocenters. The number of hydrogen-bond acceptors (Lipinski definition) is 25. The van der Waals surface area contributed by atoms with E-state index in [1.54, 1.807) is 19.1 Å². The number of aliphatic hydroxyl groups is 9. The maximum Gasteiger partial charge on any atom is 0.397 e. The molecular weight excluding hydrogens is 1110 g/mol. The van der Waals surface area contributed by atoms with Crippen molar-refractivity contribution >= 4 is 22.3 Å². The van der Waals surface area contributed by atoms with Crippen molar-refractivity contribution in [3.63, 3.8) is 0 Å². The number of rotatable bonds is 15. The molecule has 5 aliphatic heterocycles. The summed E-state index contributed by atoms with van der Waals surface area (Å²) >= 11 is 0. The number of hydrogen-bond donors (Lipinski definition) is 10. The molecule has 8 fully saturated rings. The summed E-state index contributed by atoms with van der Waals surface area (Å²) in [4.78, 5) is 27.4. The lowest BCUT2D eigenvalue weighted by Crippen LogP contribution is -2.66. The summed E-state index contributed by atoms with van der Waals surface area (Å²) in [7, 11) is -3.98. The van der Waals surface area contributed by atoms with E-state index in [4.69, 9.17) is 56.3 Å². The molecule has 27 atom stereocenters. The van der Waals surface area contributed by atoms with Gasteiger partial charge in [0.2, 0.25) is 0 Å². The predicted octanol–water partition coefficient (Wildman–Crippen LogP) is -0.489. The first-order valence-electron chi connectivity index (χ1n) is 28.1. The van der Waals surface area contributed by atoms with E-state index in [-0.39, 0.29) is 24.7 Å². The van der Waals surface area contributed by atoms with Crippen molar-refractivity contribution in [2.75, 3.05) is 26.9 Å². The van der Waals surface area contributed by atoms with E-state index in [1.807, 2.05) is 40.7 Å².